The molecule has 0 spiro atoms. The third-order valence-electron chi connectivity index (χ3n) is 3.43. The lowest BCUT2D eigenvalue weighted by Gasteiger charge is -2.34. The Kier molecular flexibility index (Phi) is 6.49. The van der Waals surface area contributed by atoms with E-state index in [1.54, 1.807) is 7.11 Å². The molecule has 0 bridgehead atoms. The van der Waals surface area contributed by atoms with E-state index < -0.39 is 0 Å². The summed E-state index contributed by atoms with van der Waals surface area (Å²) in [6.45, 7) is 6.84. The molecule has 112 valence electrons. The van der Waals surface area contributed by atoms with Crippen molar-refractivity contribution in [2.45, 2.75) is 18.7 Å². The molecular weight excluding hydrogens is 292 g/mol. The van der Waals surface area contributed by atoms with Gasteiger partial charge in [-0.25, -0.2) is 0 Å². The first-order chi connectivity index (χ1) is 9.72. The van der Waals surface area contributed by atoms with Gasteiger partial charge in [-0.3, -0.25) is 0 Å². The van der Waals surface area contributed by atoms with Gasteiger partial charge in [-0.15, -0.1) is 0 Å². The summed E-state index contributed by atoms with van der Waals surface area (Å²) in [5.74, 6) is 1.17. The maximum Gasteiger partial charge on any atom is 0.0642 e. The van der Waals surface area contributed by atoms with Gasteiger partial charge in [-0.05, 0) is 11.6 Å². The fourth-order valence-electron chi connectivity index (χ4n) is 2.48. The van der Waals surface area contributed by atoms with Crippen molar-refractivity contribution >= 4 is 29.1 Å². The SMILES string of the molecule is COCCNCc1cccc(Cl)c1N1CCSC(C)C1. The molecule has 3 nitrogen and oxygen atoms in total. The number of ether oxygens (including phenoxy) is 1. The molecular formula is C15H23ClN2OS. The van der Waals surface area contributed by atoms with Gasteiger partial charge >= 0.3 is 0 Å². The van der Waals surface area contributed by atoms with E-state index in [-0.39, 0.29) is 0 Å². The van der Waals surface area contributed by atoms with Gasteiger partial charge < -0.3 is 15.0 Å². The van der Waals surface area contributed by atoms with E-state index in [0.29, 0.717) is 5.25 Å². The molecule has 1 aliphatic rings. The highest BCUT2D eigenvalue weighted by molar-refractivity contribution is 8.00. The molecule has 0 radical (unpaired) electrons. The molecule has 1 atom stereocenters. The van der Waals surface area contributed by atoms with Gasteiger partial charge in [0.2, 0.25) is 0 Å². The van der Waals surface area contributed by atoms with Crippen molar-refractivity contribution < 1.29 is 4.74 Å². The van der Waals surface area contributed by atoms with Crippen LogP contribution in [0.1, 0.15) is 12.5 Å². The Morgan fingerprint density at radius 1 is 1.50 bits per heavy atom. The number of anilines is 1. The van der Waals surface area contributed by atoms with Gasteiger partial charge in [-0.2, -0.15) is 11.8 Å². The number of nitrogens with zero attached hydrogens (tertiary/aromatic N) is 1. The molecule has 1 heterocycles. The lowest BCUT2D eigenvalue weighted by atomic mass is 10.1. The van der Waals surface area contributed by atoms with Crippen LogP contribution in [0.25, 0.3) is 0 Å². The first kappa shape index (κ1) is 16.0. The Labute approximate surface area is 131 Å². The van der Waals surface area contributed by atoms with E-state index in [2.05, 4.69) is 23.2 Å². The Hall–Kier alpha value is -0.420. The molecule has 5 heteroatoms. The lowest BCUT2D eigenvalue weighted by molar-refractivity contribution is 0.199. The molecule has 1 saturated heterocycles. The van der Waals surface area contributed by atoms with Crippen LogP contribution in [0.4, 0.5) is 5.69 Å². The standard InChI is InChI=1S/C15H23ClN2OS/c1-12-11-18(7-9-20-12)15-13(4-3-5-14(15)16)10-17-6-8-19-2/h3-5,12,17H,6-11H2,1-2H3. The van der Waals surface area contributed by atoms with Crippen molar-refractivity contribution in [2.24, 2.45) is 0 Å². The van der Waals surface area contributed by atoms with Crippen LogP contribution in [-0.2, 0) is 11.3 Å². The zero-order chi connectivity index (χ0) is 14.4. The number of halogens is 1. The van der Waals surface area contributed by atoms with Crippen molar-refractivity contribution in [3.63, 3.8) is 0 Å². The maximum absolute atomic E-state index is 6.45. The Balaban J connectivity index is 2.09. The Morgan fingerprint density at radius 2 is 2.35 bits per heavy atom. The van der Waals surface area contributed by atoms with Crippen molar-refractivity contribution in [2.75, 3.05) is 44.0 Å². The van der Waals surface area contributed by atoms with Crippen LogP contribution < -0.4 is 10.2 Å². The van der Waals surface area contributed by atoms with Crippen molar-refractivity contribution in [3.8, 4) is 0 Å². The molecule has 0 saturated carbocycles. The summed E-state index contributed by atoms with van der Waals surface area (Å²) in [5.41, 5.74) is 2.47. The van der Waals surface area contributed by atoms with Crippen LogP contribution in [0.5, 0.6) is 0 Å². The average Bonchev–Trinajstić information content (AvgIpc) is 2.44. The minimum Gasteiger partial charge on any atom is -0.383 e. The second-order valence-corrected chi connectivity index (χ2v) is 7.00. The topological polar surface area (TPSA) is 24.5 Å². The number of methoxy groups -OCH3 is 1. The maximum atomic E-state index is 6.45. The molecule has 1 aliphatic heterocycles. The van der Waals surface area contributed by atoms with Crippen LogP contribution >= 0.6 is 23.4 Å². The van der Waals surface area contributed by atoms with Crippen LogP contribution in [0, 0.1) is 0 Å². The third kappa shape index (κ3) is 4.29. The fraction of sp³-hybridized carbons (Fsp3) is 0.600. The molecule has 1 unspecified atom stereocenters. The van der Waals surface area contributed by atoms with E-state index in [0.717, 1.165) is 37.8 Å². The van der Waals surface area contributed by atoms with Gasteiger partial charge in [0.25, 0.3) is 0 Å². The number of rotatable bonds is 6. The second-order valence-electron chi connectivity index (χ2n) is 5.04. The van der Waals surface area contributed by atoms with Crippen molar-refractivity contribution in [3.05, 3.63) is 28.8 Å². The molecule has 2 rings (SSSR count). The first-order valence-electron chi connectivity index (χ1n) is 7.06. The summed E-state index contributed by atoms with van der Waals surface area (Å²) in [7, 11) is 1.72. The van der Waals surface area contributed by atoms with Gasteiger partial charge in [0.05, 0.1) is 17.3 Å². The van der Waals surface area contributed by atoms with Gasteiger partial charge in [-0.1, -0.05) is 30.7 Å². The molecule has 1 N–H and O–H groups in total. The Bertz CT molecular complexity index is 430. The summed E-state index contributed by atoms with van der Waals surface area (Å²) in [6.07, 6.45) is 0. The van der Waals surface area contributed by atoms with E-state index in [1.165, 1.54) is 17.0 Å². The molecule has 0 amide bonds. The second kappa shape index (κ2) is 8.13. The first-order valence-corrected chi connectivity index (χ1v) is 8.48. The normalized spacial score (nSPS) is 19.4. The van der Waals surface area contributed by atoms with Crippen LogP contribution in [-0.4, -0.2) is 44.4 Å². The van der Waals surface area contributed by atoms with Crippen LogP contribution in [0.15, 0.2) is 18.2 Å². The molecule has 1 fully saturated rings. The number of hydrogen-bond donors (Lipinski definition) is 1. The van der Waals surface area contributed by atoms with Crippen LogP contribution in [0.2, 0.25) is 5.02 Å². The minimum atomic E-state index is 0.661. The lowest BCUT2D eigenvalue weighted by Crippen LogP contribution is -2.37. The van der Waals surface area contributed by atoms with E-state index >= 15 is 0 Å². The highest BCUT2D eigenvalue weighted by Gasteiger charge is 2.21. The molecule has 1 aromatic carbocycles. The number of benzene rings is 1. The monoisotopic (exact) mass is 314 g/mol. The number of para-hydroxylation sites is 1. The zero-order valence-electron chi connectivity index (χ0n) is 12.2. The molecule has 0 aromatic heterocycles. The smallest absolute Gasteiger partial charge is 0.0642 e. The highest BCUT2D eigenvalue weighted by atomic mass is 35.5. The summed E-state index contributed by atoms with van der Waals surface area (Å²) >= 11 is 8.49. The van der Waals surface area contributed by atoms with Gasteiger partial charge in [0, 0.05) is 44.3 Å². The molecule has 1 aromatic rings. The highest BCUT2D eigenvalue weighted by Crippen LogP contribution is 2.33. The summed E-state index contributed by atoms with van der Waals surface area (Å²) in [6, 6.07) is 6.18. The summed E-state index contributed by atoms with van der Waals surface area (Å²) in [5, 5.41) is 4.92. The fourth-order valence-corrected chi connectivity index (χ4v) is 3.80. The van der Waals surface area contributed by atoms with E-state index in [9.17, 15) is 0 Å². The summed E-state index contributed by atoms with van der Waals surface area (Å²) in [4.78, 5) is 2.43. The summed E-state index contributed by atoms with van der Waals surface area (Å²) < 4.78 is 5.06. The van der Waals surface area contributed by atoms with Gasteiger partial charge in [0.1, 0.15) is 0 Å². The number of hydrogen-bond acceptors (Lipinski definition) is 4. The Morgan fingerprint density at radius 3 is 3.10 bits per heavy atom. The third-order valence-corrected chi connectivity index (χ3v) is 4.87. The molecule has 0 aliphatic carbocycles. The van der Waals surface area contributed by atoms with Crippen LogP contribution in [0.3, 0.4) is 0 Å². The minimum absolute atomic E-state index is 0.661. The van der Waals surface area contributed by atoms with Crippen molar-refractivity contribution in [1.82, 2.24) is 5.32 Å². The molecule has 20 heavy (non-hydrogen) atoms. The van der Waals surface area contributed by atoms with E-state index in [4.69, 9.17) is 16.3 Å². The van der Waals surface area contributed by atoms with Crippen molar-refractivity contribution in [1.29, 1.82) is 0 Å². The largest absolute Gasteiger partial charge is 0.383 e. The number of nitrogens with one attached hydrogen (secondary N) is 1. The predicted molar refractivity (Wildman–Crippen MR) is 89.2 cm³/mol. The van der Waals surface area contributed by atoms with E-state index in [1.807, 2.05) is 23.9 Å². The predicted octanol–water partition coefficient (Wildman–Crippen LogP) is 3.02. The zero-order valence-corrected chi connectivity index (χ0v) is 13.8. The number of thioether (sulfide) groups is 1. The quantitative estimate of drug-likeness (QED) is 0.816. The average molecular weight is 315 g/mol. The van der Waals surface area contributed by atoms with Gasteiger partial charge in [0.15, 0.2) is 0 Å².